The summed E-state index contributed by atoms with van der Waals surface area (Å²) < 4.78 is 6.57. The molecule has 0 bridgehead atoms. The Morgan fingerprint density at radius 2 is 1.80 bits per heavy atom. The summed E-state index contributed by atoms with van der Waals surface area (Å²) in [6, 6.07) is 21.1. The molecular formula is C24H21BrN2O2S. The van der Waals surface area contributed by atoms with Crippen molar-refractivity contribution in [2.24, 2.45) is 0 Å². The van der Waals surface area contributed by atoms with Gasteiger partial charge in [-0.05, 0) is 57.2 Å². The Kier molecular flexibility index (Phi) is 6.86. The van der Waals surface area contributed by atoms with E-state index in [2.05, 4.69) is 42.0 Å². The first kappa shape index (κ1) is 21.9. The molecule has 3 aromatic rings. The topological polar surface area (TPSA) is 66.0 Å². The van der Waals surface area contributed by atoms with Crippen molar-refractivity contribution >= 4 is 45.4 Å². The first-order valence-electron chi connectivity index (χ1n) is 9.32. The Bertz CT molecular complexity index is 1100. The highest BCUT2D eigenvalue weighted by molar-refractivity contribution is 9.10. The quantitative estimate of drug-likeness (QED) is 0.314. The number of benzene rings is 2. The van der Waals surface area contributed by atoms with Crippen LogP contribution in [-0.4, -0.2) is 5.91 Å². The summed E-state index contributed by atoms with van der Waals surface area (Å²) in [4.78, 5) is 13.6. The molecule has 2 aromatic carbocycles. The normalized spacial score (nSPS) is 11.8. The molecule has 1 aromatic heterocycles. The standard InChI is InChI=1S/C24H21BrN2O2S/c1-24(2,3)17-9-11-18(12-10-17)27-22(28)16(15-26)13-19-14-21(25)23(29-19)30-20-7-5-4-6-8-20/h4-14H,1-3H3,(H,27,28)/b16-13-. The van der Waals surface area contributed by atoms with Crippen LogP contribution >= 0.6 is 27.7 Å². The summed E-state index contributed by atoms with van der Waals surface area (Å²) in [5.74, 6) is -0.0547. The van der Waals surface area contributed by atoms with E-state index in [1.54, 1.807) is 6.07 Å². The van der Waals surface area contributed by atoms with Crippen LogP contribution in [0.5, 0.6) is 0 Å². The maximum Gasteiger partial charge on any atom is 0.266 e. The molecule has 3 rings (SSSR count). The first-order valence-corrected chi connectivity index (χ1v) is 10.9. The molecule has 6 heteroatoms. The van der Waals surface area contributed by atoms with Gasteiger partial charge >= 0.3 is 0 Å². The number of nitrogens with one attached hydrogen (secondary N) is 1. The fraction of sp³-hybridized carbons (Fsp3) is 0.167. The molecule has 1 amide bonds. The lowest BCUT2D eigenvalue weighted by molar-refractivity contribution is -0.112. The SMILES string of the molecule is CC(C)(C)c1ccc(NC(=O)/C(C#N)=C\c2cc(Br)c(Sc3ccccc3)o2)cc1. The zero-order valence-corrected chi connectivity index (χ0v) is 19.3. The number of amides is 1. The van der Waals surface area contributed by atoms with Crippen molar-refractivity contribution in [3.8, 4) is 6.07 Å². The Morgan fingerprint density at radius 3 is 2.40 bits per heavy atom. The van der Waals surface area contributed by atoms with E-state index in [0.29, 0.717) is 16.5 Å². The highest BCUT2D eigenvalue weighted by Gasteiger charge is 2.16. The number of halogens is 1. The van der Waals surface area contributed by atoms with Crippen LogP contribution < -0.4 is 5.32 Å². The summed E-state index contributed by atoms with van der Waals surface area (Å²) in [7, 11) is 0. The Labute approximate surface area is 189 Å². The Morgan fingerprint density at radius 1 is 1.13 bits per heavy atom. The molecular weight excluding hydrogens is 460 g/mol. The van der Waals surface area contributed by atoms with Gasteiger partial charge in [-0.25, -0.2) is 0 Å². The van der Waals surface area contributed by atoms with E-state index >= 15 is 0 Å². The molecule has 0 aliphatic rings. The molecule has 0 atom stereocenters. The lowest BCUT2D eigenvalue weighted by Crippen LogP contribution is -2.14. The van der Waals surface area contributed by atoms with Crippen LogP contribution in [0.2, 0.25) is 0 Å². The molecule has 4 nitrogen and oxygen atoms in total. The first-order chi connectivity index (χ1) is 14.3. The molecule has 0 spiro atoms. The summed E-state index contributed by atoms with van der Waals surface area (Å²) in [6.45, 7) is 6.38. The molecule has 0 unspecified atom stereocenters. The smallest absolute Gasteiger partial charge is 0.266 e. The van der Waals surface area contributed by atoms with Gasteiger partial charge in [0.15, 0.2) is 5.09 Å². The fourth-order valence-electron chi connectivity index (χ4n) is 2.65. The molecule has 1 heterocycles. The van der Waals surface area contributed by atoms with Gasteiger partial charge in [0.1, 0.15) is 17.4 Å². The van der Waals surface area contributed by atoms with Gasteiger partial charge in [0.2, 0.25) is 0 Å². The van der Waals surface area contributed by atoms with E-state index in [-0.39, 0.29) is 11.0 Å². The molecule has 0 aliphatic heterocycles. The van der Waals surface area contributed by atoms with Crippen molar-refractivity contribution in [3.05, 3.63) is 82.0 Å². The van der Waals surface area contributed by atoms with Crippen LogP contribution in [-0.2, 0) is 10.2 Å². The third kappa shape index (κ3) is 5.65. The predicted molar refractivity (Wildman–Crippen MR) is 124 cm³/mol. The van der Waals surface area contributed by atoms with Crippen LogP contribution in [0.15, 0.2) is 85.1 Å². The van der Waals surface area contributed by atoms with Gasteiger partial charge in [0.05, 0.1) is 4.47 Å². The second-order valence-electron chi connectivity index (χ2n) is 7.65. The molecule has 0 fully saturated rings. The predicted octanol–water partition coefficient (Wildman–Crippen LogP) is 7.04. The largest absolute Gasteiger partial charge is 0.449 e. The second-order valence-corrected chi connectivity index (χ2v) is 9.55. The number of nitriles is 1. The number of carbonyl (C=O) groups excluding carboxylic acids is 1. The lowest BCUT2D eigenvalue weighted by Gasteiger charge is -2.19. The maximum absolute atomic E-state index is 12.6. The van der Waals surface area contributed by atoms with Crippen LogP contribution in [0.25, 0.3) is 6.08 Å². The van der Waals surface area contributed by atoms with E-state index in [9.17, 15) is 10.1 Å². The number of furan rings is 1. The number of anilines is 1. The van der Waals surface area contributed by atoms with Crippen molar-refractivity contribution in [3.63, 3.8) is 0 Å². The van der Waals surface area contributed by atoms with Gasteiger partial charge in [0.25, 0.3) is 5.91 Å². The van der Waals surface area contributed by atoms with Gasteiger partial charge in [-0.15, -0.1) is 0 Å². The molecule has 30 heavy (non-hydrogen) atoms. The van der Waals surface area contributed by atoms with Gasteiger partial charge in [-0.2, -0.15) is 5.26 Å². The van der Waals surface area contributed by atoms with Crippen molar-refractivity contribution in [1.29, 1.82) is 5.26 Å². The van der Waals surface area contributed by atoms with E-state index in [4.69, 9.17) is 4.42 Å². The fourth-order valence-corrected chi connectivity index (χ4v) is 4.00. The molecule has 0 radical (unpaired) electrons. The third-order valence-corrected chi connectivity index (χ3v) is 6.14. The van der Waals surface area contributed by atoms with Crippen LogP contribution in [0.4, 0.5) is 5.69 Å². The molecule has 1 N–H and O–H groups in total. The summed E-state index contributed by atoms with van der Waals surface area (Å²) in [6.07, 6.45) is 1.44. The van der Waals surface area contributed by atoms with Crippen molar-refractivity contribution in [1.82, 2.24) is 0 Å². The average Bonchev–Trinajstić information content (AvgIpc) is 3.05. The minimum atomic E-state index is -0.481. The van der Waals surface area contributed by atoms with Crippen LogP contribution in [0.3, 0.4) is 0 Å². The number of rotatable bonds is 5. The number of carbonyl (C=O) groups is 1. The van der Waals surface area contributed by atoms with Gasteiger partial charge < -0.3 is 9.73 Å². The maximum atomic E-state index is 12.6. The minimum absolute atomic E-state index is 0.0302. The van der Waals surface area contributed by atoms with E-state index in [1.807, 2.05) is 60.7 Å². The summed E-state index contributed by atoms with van der Waals surface area (Å²) in [5.41, 5.74) is 1.80. The van der Waals surface area contributed by atoms with E-state index < -0.39 is 5.91 Å². The molecule has 0 saturated heterocycles. The average molecular weight is 481 g/mol. The molecule has 152 valence electrons. The lowest BCUT2D eigenvalue weighted by atomic mass is 9.87. The second kappa shape index (κ2) is 9.38. The zero-order valence-electron chi connectivity index (χ0n) is 16.9. The van der Waals surface area contributed by atoms with Gasteiger partial charge in [-0.1, -0.05) is 62.9 Å². The van der Waals surface area contributed by atoms with Crippen molar-refractivity contribution in [2.45, 2.75) is 36.2 Å². The van der Waals surface area contributed by atoms with E-state index in [0.717, 1.165) is 9.37 Å². The summed E-state index contributed by atoms with van der Waals surface area (Å²) in [5, 5.41) is 12.9. The zero-order chi connectivity index (χ0) is 21.7. The number of hydrogen-bond acceptors (Lipinski definition) is 4. The Hall–Kier alpha value is -2.75. The monoisotopic (exact) mass is 480 g/mol. The van der Waals surface area contributed by atoms with Gasteiger partial charge in [0, 0.05) is 16.7 Å². The molecule has 0 aliphatic carbocycles. The molecule has 0 saturated carbocycles. The number of hydrogen-bond donors (Lipinski definition) is 1. The van der Waals surface area contributed by atoms with E-state index in [1.165, 1.54) is 23.4 Å². The third-order valence-electron chi connectivity index (χ3n) is 4.29. The van der Waals surface area contributed by atoms with Crippen LogP contribution in [0.1, 0.15) is 32.1 Å². The Balaban J connectivity index is 1.74. The van der Waals surface area contributed by atoms with Crippen LogP contribution in [0, 0.1) is 11.3 Å². The van der Waals surface area contributed by atoms with Crippen molar-refractivity contribution in [2.75, 3.05) is 5.32 Å². The van der Waals surface area contributed by atoms with Gasteiger partial charge in [-0.3, -0.25) is 4.79 Å². The van der Waals surface area contributed by atoms with Crippen molar-refractivity contribution < 1.29 is 9.21 Å². The highest BCUT2D eigenvalue weighted by atomic mass is 79.9. The highest BCUT2D eigenvalue weighted by Crippen LogP contribution is 2.36. The number of nitrogens with zero attached hydrogens (tertiary/aromatic N) is 1. The summed E-state index contributed by atoms with van der Waals surface area (Å²) >= 11 is 4.93. The minimum Gasteiger partial charge on any atom is -0.449 e.